The number of hydrogen-bond donors (Lipinski definition) is 8. The first-order valence-corrected chi connectivity index (χ1v) is 34.4. The van der Waals surface area contributed by atoms with Gasteiger partial charge in [-0.1, -0.05) is 0 Å². The molecule has 6 saturated heterocycles. The Hall–Kier alpha value is 0.575. The highest BCUT2D eigenvalue weighted by Gasteiger charge is 2.88. The summed E-state index contributed by atoms with van der Waals surface area (Å²) in [7, 11) is 23.7. The van der Waals surface area contributed by atoms with Crippen LogP contribution in [-0.4, -0.2) is 378 Å². The van der Waals surface area contributed by atoms with E-state index < -0.39 is 72.4 Å². The lowest BCUT2D eigenvalue weighted by atomic mass is 10.8. The molecule has 6 aliphatic heterocycles. The largest absolute Gasteiger partial charge is 0.659 e. The van der Waals surface area contributed by atoms with Crippen molar-refractivity contribution in [2.45, 2.75) is 0 Å². The van der Waals surface area contributed by atoms with Gasteiger partial charge in [0.05, 0.1) is 226 Å². The van der Waals surface area contributed by atoms with E-state index in [-0.39, 0.29) is 5.48 Å². The Morgan fingerprint density at radius 3 is 0.217 bits per heavy atom. The van der Waals surface area contributed by atoms with E-state index in [1.165, 1.54) is 0 Å². The number of quaternary nitrogens is 8. The molecule has 69 heavy (non-hydrogen) atoms. The van der Waals surface area contributed by atoms with E-state index in [1.54, 1.807) is 0 Å². The molecule has 29 nitrogen and oxygen atoms in total. The van der Waals surface area contributed by atoms with Crippen molar-refractivity contribution in [3.63, 3.8) is 0 Å². The molecule has 0 atom stereocenters. The topological polar surface area (TPSA) is 304 Å². The molecule has 0 unspecified atom stereocenters. The Balaban J connectivity index is -0.000000273. The molecule has 10 N–H and O–H groups in total. The predicted octanol–water partition coefficient (Wildman–Crippen LogP) is -6.57. The lowest BCUT2D eigenvalue weighted by molar-refractivity contribution is -0.849. The Bertz CT molecular complexity index is 1050. The predicted molar refractivity (Wildman–Crippen MR) is 272 cm³/mol. The van der Waals surface area contributed by atoms with E-state index in [0.29, 0.717) is 0 Å². The van der Waals surface area contributed by atoms with Gasteiger partial charge in [-0.05, 0) is 0 Å². The van der Waals surface area contributed by atoms with E-state index >= 15 is 0 Å². The van der Waals surface area contributed by atoms with Crippen LogP contribution in [0.2, 0.25) is 0 Å². The van der Waals surface area contributed by atoms with Crippen molar-refractivity contribution in [3.05, 3.63) is 0 Å². The fourth-order valence-corrected chi connectivity index (χ4v) is 31.1. The van der Waals surface area contributed by atoms with Crippen LogP contribution in [0.25, 0.3) is 0 Å². The fourth-order valence-electron chi connectivity index (χ4n) is 2.46. The van der Waals surface area contributed by atoms with Gasteiger partial charge in [0.25, 0.3) is 0 Å². The zero-order chi connectivity index (χ0) is 56.5. The third-order valence-electron chi connectivity index (χ3n) is 3.10. The second-order valence-electron chi connectivity index (χ2n) is 26.9. The molecule has 6 heterocycles. The van der Waals surface area contributed by atoms with Crippen LogP contribution < -0.4 is 0 Å². The van der Waals surface area contributed by atoms with Crippen LogP contribution in [-0.2, 0) is 49.4 Å². The summed E-state index contributed by atoms with van der Waals surface area (Å²) in [5, 5.41) is 0. The van der Waals surface area contributed by atoms with Gasteiger partial charge in [-0.3, -0.25) is 0 Å². The van der Waals surface area contributed by atoms with Gasteiger partial charge < -0.3 is 129 Å². The zero-order valence-corrected chi connectivity index (χ0v) is 56.6. The monoisotopic (exact) mass is 1160 g/mol. The Morgan fingerprint density at radius 2 is 0.188 bits per heavy atom. The number of hydrogen-bond acceptors (Lipinski definition) is 20. The van der Waals surface area contributed by atoms with E-state index in [9.17, 15) is 38.4 Å². The molecule has 0 aliphatic carbocycles. The lowest BCUT2D eigenvalue weighted by Crippen LogP contribution is -2.89. The lowest BCUT2D eigenvalue weighted by Gasteiger charge is -2.53. The maximum atomic E-state index is 10.4. The SMILES string of the molecule is C[N+](C)(C)C.C[N+](C)(C)C.C[N+](C)(C)C.C[N+](C)(C)C.C[N+](C)(C)C.C[N+](C)(C)C.C[N+](C)(C)C.C[N+](C)(C)C.O.O[Si]12O[Si]3(O)O[Si]4(O)O[Si](O)(O1)O[Si]1(O)O[Si](O)(O2)O[Si](O)(O3)O[Si](O)(O4)O1. The van der Waals surface area contributed by atoms with Crippen LogP contribution in [0.3, 0.4) is 0 Å². The quantitative estimate of drug-likeness (QED) is 0.0826. The van der Waals surface area contributed by atoms with Gasteiger partial charge in [-0.2, -0.15) is 0 Å². The first-order chi connectivity index (χ1) is 28.5. The second-order valence-corrected chi connectivity index (χ2v) is 45.1. The fraction of sp³-hybridized carbons (Fsp3) is 1.00. The first kappa shape index (κ1) is 78.5. The van der Waals surface area contributed by atoms with Crippen molar-refractivity contribution < 1.29 is 129 Å². The highest BCUT2D eigenvalue weighted by Crippen LogP contribution is 2.43. The van der Waals surface area contributed by atoms with Crippen LogP contribution in [0.15, 0.2) is 0 Å². The smallest absolute Gasteiger partial charge is 0.412 e. The maximum Gasteiger partial charge on any atom is 0.659 e. The van der Waals surface area contributed by atoms with Crippen molar-refractivity contribution in [1.82, 2.24) is 0 Å². The highest BCUT2D eigenvalue weighted by atomic mass is 28.7. The van der Waals surface area contributed by atoms with Gasteiger partial charge in [0.2, 0.25) is 0 Å². The average molecular weight is 1160 g/mol. The summed E-state index contributed by atoms with van der Waals surface area (Å²) in [6.07, 6.45) is 0. The molecule has 0 aromatic rings. The molecule has 8 bridgehead atoms. The Morgan fingerprint density at radius 1 is 0.159 bits per heavy atom. The van der Waals surface area contributed by atoms with Crippen molar-refractivity contribution in [2.75, 3.05) is 226 Å². The molecule has 0 spiro atoms. The van der Waals surface area contributed by atoms with Crippen LogP contribution >= 0.6 is 0 Å². The molecule has 6 rings (SSSR count). The van der Waals surface area contributed by atoms with Crippen LogP contribution in [0.1, 0.15) is 0 Å². The van der Waals surface area contributed by atoms with Crippen molar-refractivity contribution in [3.8, 4) is 0 Å². The third-order valence-corrected chi connectivity index (χ3v) is 27.9. The van der Waals surface area contributed by atoms with Crippen molar-refractivity contribution in [2.24, 2.45) is 0 Å². The summed E-state index contributed by atoms with van der Waals surface area (Å²) in [5.41, 5.74) is 0. The molecule has 0 aromatic carbocycles. The van der Waals surface area contributed by atoms with Crippen molar-refractivity contribution >= 4 is 72.4 Å². The van der Waals surface area contributed by atoms with Gasteiger partial charge in [-0.15, -0.1) is 0 Å². The summed E-state index contributed by atoms with van der Waals surface area (Å²) >= 11 is 0. The summed E-state index contributed by atoms with van der Waals surface area (Å²) in [5.74, 6) is 0. The minimum atomic E-state index is -5.54. The molecule has 6 fully saturated rings. The van der Waals surface area contributed by atoms with E-state index in [2.05, 4.69) is 226 Å². The first-order valence-electron chi connectivity index (χ1n) is 21.0. The molecule has 0 amide bonds. The minimum absolute atomic E-state index is 0. The van der Waals surface area contributed by atoms with Crippen LogP contribution in [0.4, 0.5) is 0 Å². The third kappa shape index (κ3) is 57.7. The van der Waals surface area contributed by atoms with Gasteiger partial charge in [0.1, 0.15) is 0 Å². The molecule has 424 valence electrons. The molecule has 0 radical (unpaired) electrons. The molecule has 37 heteroatoms. The van der Waals surface area contributed by atoms with E-state index in [4.69, 9.17) is 49.4 Å². The van der Waals surface area contributed by atoms with Gasteiger partial charge in [-0.25, -0.2) is 0 Å². The Kier molecular flexibility index (Phi) is 30.2. The standard InChI is InChI=1S/8C4H12N.H8O20Si8.H2O/c8*1-5(2,3)4;1-21-9-22(2)12-25(5)14-23(3,10-21)16-27(7)17-24(4,11-21)15-26(6,13-22)19-28(8,18-25)20-27;/h8*1-4H3;1-8H;1H2/q8*+1;;. The van der Waals surface area contributed by atoms with Gasteiger partial charge in [0, 0.05) is 0 Å². The van der Waals surface area contributed by atoms with Crippen LogP contribution in [0, 0.1) is 0 Å². The van der Waals surface area contributed by atoms with Crippen molar-refractivity contribution in [1.29, 1.82) is 0 Å². The minimum Gasteiger partial charge on any atom is -0.412 e. The molecule has 0 saturated carbocycles. The molecular weight excluding hydrogens is 1060 g/mol. The summed E-state index contributed by atoms with van der Waals surface area (Å²) < 4.78 is 64.4. The summed E-state index contributed by atoms with van der Waals surface area (Å²) in [6, 6.07) is 0. The molecular formula is C32H106N8O21Si8+8. The summed E-state index contributed by atoms with van der Waals surface area (Å²) in [4.78, 5) is 83.5. The normalized spacial score (nSPS) is 33.7. The average Bonchev–Trinajstić information content (AvgIpc) is 2.72. The van der Waals surface area contributed by atoms with Gasteiger partial charge in [0.15, 0.2) is 0 Å². The number of rotatable bonds is 0. The van der Waals surface area contributed by atoms with Gasteiger partial charge >= 0.3 is 72.4 Å². The molecule has 6 aliphatic rings. The van der Waals surface area contributed by atoms with E-state index in [1.807, 2.05) is 0 Å². The maximum absolute atomic E-state index is 10.4. The number of nitrogens with zero attached hydrogens (tertiary/aromatic N) is 8. The summed E-state index contributed by atoms with van der Waals surface area (Å²) in [6.45, 7) is 0. The second kappa shape index (κ2) is 26.6. The Labute approximate surface area is 425 Å². The van der Waals surface area contributed by atoms with Crippen LogP contribution in [0.5, 0.6) is 0 Å². The van der Waals surface area contributed by atoms with E-state index in [0.717, 1.165) is 35.9 Å². The zero-order valence-electron chi connectivity index (χ0n) is 48.6. The molecule has 0 aromatic heterocycles. The highest BCUT2D eigenvalue weighted by molar-refractivity contribution is 6.96.